The average Bonchev–Trinajstić information content (AvgIpc) is 2.58. The fourth-order valence-electron chi connectivity index (χ4n) is 2.93. The molecule has 0 amide bonds. The monoisotopic (exact) mass is 318 g/mol. The molecule has 0 aromatic carbocycles. The number of fused-ring (bicyclic) bond motifs is 3. The van der Waals surface area contributed by atoms with Crippen LogP contribution in [0.2, 0.25) is 0 Å². The predicted octanol–water partition coefficient (Wildman–Crippen LogP) is 3.16. The second-order valence-electron chi connectivity index (χ2n) is 5.65. The summed E-state index contributed by atoms with van der Waals surface area (Å²) in [5.74, 6) is 5.03. The second-order valence-corrected chi connectivity index (χ2v) is 5.65. The number of hydrogen-bond acceptors (Lipinski definition) is 4. The van der Waals surface area contributed by atoms with Crippen molar-refractivity contribution >= 4 is 0 Å². The van der Waals surface area contributed by atoms with Crippen molar-refractivity contribution in [1.29, 1.82) is 0 Å². The Bertz CT molecular complexity index is 774. The normalized spacial score (nSPS) is 18.2. The topological polar surface area (TPSA) is 44.2 Å². The Balaban J connectivity index is 2.18. The van der Waals surface area contributed by atoms with Crippen LogP contribution >= 0.6 is 0 Å². The van der Waals surface area contributed by atoms with Crippen molar-refractivity contribution in [2.75, 3.05) is 13.2 Å². The largest absolute Gasteiger partial charge is 0.358 e. The second kappa shape index (κ2) is 6.84. The minimum Gasteiger partial charge on any atom is -0.358 e. The van der Waals surface area contributed by atoms with Crippen LogP contribution in [0.3, 0.4) is 0 Å². The Labute approximate surface area is 142 Å². The van der Waals surface area contributed by atoms with Gasteiger partial charge in [0.15, 0.2) is 0 Å². The van der Waals surface area contributed by atoms with Crippen molar-refractivity contribution in [3.8, 4) is 36.1 Å². The van der Waals surface area contributed by atoms with Gasteiger partial charge >= 0.3 is 0 Å². The lowest BCUT2D eigenvalue weighted by molar-refractivity contribution is -0.0614. The highest BCUT2D eigenvalue weighted by Gasteiger charge is 2.37. The van der Waals surface area contributed by atoms with E-state index in [9.17, 15) is 0 Å². The van der Waals surface area contributed by atoms with Crippen LogP contribution in [-0.2, 0) is 9.47 Å². The van der Waals surface area contributed by atoms with Crippen LogP contribution in [0.25, 0.3) is 11.4 Å². The Morgan fingerprint density at radius 3 is 1.62 bits per heavy atom. The SMILES string of the molecule is C#CCOC1c2ccc(C)nc2-c2nc(C)ccc2C1OCC#C. The van der Waals surface area contributed by atoms with Crippen molar-refractivity contribution in [1.82, 2.24) is 9.97 Å². The molecule has 1 aliphatic carbocycles. The van der Waals surface area contributed by atoms with E-state index in [4.69, 9.17) is 22.3 Å². The van der Waals surface area contributed by atoms with E-state index >= 15 is 0 Å². The van der Waals surface area contributed by atoms with E-state index < -0.39 is 0 Å². The van der Waals surface area contributed by atoms with Crippen molar-refractivity contribution < 1.29 is 9.47 Å². The summed E-state index contributed by atoms with van der Waals surface area (Å²) in [5, 5.41) is 0. The summed E-state index contributed by atoms with van der Waals surface area (Å²) >= 11 is 0. The summed E-state index contributed by atoms with van der Waals surface area (Å²) in [6.45, 7) is 4.27. The van der Waals surface area contributed by atoms with Crippen LogP contribution in [0.1, 0.15) is 34.7 Å². The average molecular weight is 318 g/mol. The summed E-state index contributed by atoms with van der Waals surface area (Å²) in [4.78, 5) is 9.36. The van der Waals surface area contributed by atoms with Crippen LogP contribution < -0.4 is 0 Å². The minimum absolute atomic E-state index is 0.183. The molecule has 2 aromatic heterocycles. The first-order chi connectivity index (χ1) is 11.7. The fourth-order valence-corrected chi connectivity index (χ4v) is 2.93. The summed E-state index contributed by atoms with van der Waals surface area (Å²) in [7, 11) is 0. The number of nitrogens with zero attached hydrogens (tertiary/aromatic N) is 2. The summed E-state index contributed by atoms with van der Waals surface area (Å²) in [5.41, 5.74) is 5.31. The molecule has 2 aromatic rings. The van der Waals surface area contributed by atoms with Gasteiger partial charge in [-0.3, -0.25) is 9.97 Å². The van der Waals surface area contributed by atoms with E-state index in [0.717, 1.165) is 33.9 Å². The molecule has 0 fully saturated rings. The summed E-state index contributed by atoms with van der Waals surface area (Å²) < 4.78 is 11.8. The van der Waals surface area contributed by atoms with Gasteiger partial charge < -0.3 is 9.47 Å². The maximum absolute atomic E-state index is 5.90. The first-order valence-electron chi connectivity index (χ1n) is 7.71. The Kier molecular flexibility index (Phi) is 4.62. The number of aryl methyl sites for hydroxylation is 2. The fraction of sp³-hybridized carbons (Fsp3) is 0.300. The first-order valence-corrected chi connectivity index (χ1v) is 7.71. The van der Waals surface area contributed by atoms with Crippen LogP contribution in [-0.4, -0.2) is 23.2 Å². The van der Waals surface area contributed by atoms with Gasteiger partial charge in [0.1, 0.15) is 25.4 Å². The third kappa shape index (κ3) is 2.90. The molecule has 0 N–H and O–H groups in total. The van der Waals surface area contributed by atoms with Gasteiger partial charge in [-0.2, -0.15) is 0 Å². The van der Waals surface area contributed by atoms with Crippen molar-refractivity contribution in [3.05, 3.63) is 46.8 Å². The molecule has 4 nitrogen and oxygen atoms in total. The van der Waals surface area contributed by atoms with Crippen LogP contribution in [0, 0.1) is 38.5 Å². The molecule has 3 rings (SSSR count). The van der Waals surface area contributed by atoms with Crippen molar-refractivity contribution in [2.24, 2.45) is 0 Å². The zero-order valence-corrected chi connectivity index (χ0v) is 13.7. The Hall–Kier alpha value is -2.66. The van der Waals surface area contributed by atoms with E-state index in [1.54, 1.807) is 0 Å². The van der Waals surface area contributed by atoms with Crippen LogP contribution in [0.4, 0.5) is 0 Å². The molecule has 0 radical (unpaired) electrons. The molecule has 2 atom stereocenters. The van der Waals surface area contributed by atoms with Crippen LogP contribution in [0.5, 0.6) is 0 Å². The molecule has 2 heterocycles. The van der Waals surface area contributed by atoms with Crippen molar-refractivity contribution in [2.45, 2.75) is 26.1 Å². The molecule has 1 aliphatic rings. The summed E-state index contributed by atoms with van der Waals surface area (Å²) in [6, 6.07) is 7.89. The molecule has 24 heavy (non-hydrogen) atoms. The number of pyridine rings is 2. The zero-order chi connectivity index (χ0) is 17.1. The lowest BCUT2D eigenvalue weighted by atomic mass is 9.87. The lowest BCUT2D eigenvalue weighted by Gasteiger charge is -2.33. The van der Waals surface area contributed by atoms with E-state index in [2.05, 4.69) is 21.8 Å². The Morgan fingerprint density at radius 2 is 1.25 bits per heavy atom. The van der Waals surface area contributed by atoms with Gasteiger partial charge in [-0.1, -0.05) is 24.0 Å². The lowest BCUT2D eigenvalue weighted by Crippen LogP contribution is -2.24. The molecular weight excluding hydrogens is 300 g/mol. The molecule has 0 saturated carbocycles. The first kappa shape index (κ1) is 16.2. The molecule has 0 spiro atoms. The van der Waals surface area contributed by atoms with Crippen molar-refractivity contribution in [3.63, 3.8) is 0 Å². The number of terminal acetylenes is 2. The molecule has 120 valence electrons. The van der Waals surface area contributed by atoms with Gasteiger partial charge in [0.2, 0.25) is 0 Å². The Morgan fingerprint density at radius 1 is 0.833 bits per heavy atom. The number of hydrogen-bond donors (Lipinski definition) is 0. The smallest absolute Gasteiger partial charge is 0.116 e. The van der Waals surface area contributed by atoms with Gasteiger partial charge in [0, 0.05) is 22.5 Å². The van der Waals surface area contributed by atoms with Gasteiger partial charge in [0.25, 0.3) is 0 Å². The standard InChI is InChI=1S/C20H18N2O2/c1-5-11-23-19-15-9-7-13(3)21-17(15)18-16(10-8-14(4)22-18)20(19)24-12-6-2/h1-2,7-10,19-20H,11-12H2,3-4H3. The number of aromatic nitrogens is 2. The van der Waals surface area contributed by atoms with Gasteiger partial charge in [0.05, 0.1) is 11.4 Å². The summed E-state index contributed by atoms with van der Waals surface area (Å²) in [6.07, 6.45) is 10.0. The van der Waals surface area contributed by atoms with Gasteiger partial charge in [-0.25, -0.2) is 0 Å². The third-order valence-electron chi connectivity index (χ3n) is 3.94. The number of rotatable bonds is 4. The molecule has 0 saturated heterocycles. The van der Waals surface area contributed by atoms with E-state index in [1.165, 1.54) is 0 Å². The number of ether oxygens (including phenoxy) is 2. The van der Waals surface area contributed by atoms with Crippen LogP contribution in [0.15, 0.2) is 24.3 Å². The molecule has 2 unspecified atom stereocenters. The van der Waals surface area contributed by atoms with E-state index in [1.807, 2.05) is 38.1 Å². The predicted molar refractivity (Wildman–Crippen MR) is 92.0 cm³/mol. The maximum atomic E-state index is 5.90. The molecule has 0 aliphatic heterocycles. The zero-order valence-electron chi connectivity index (χ0n) is 13.7. The minimum atomic E-state index is -0.366. The van der Waals surface area contributed by atoms with Gasteiger partial charge in [-0.05, 0) is 26.0 Å². The van der Waals surface area contributed by atoms with E-state index in [0.29, 0.717) is 0 Å². The quantitative estimate of drug-likeness (QED) is 0.812. The highest BCUT2D eigenvalue weighted by molar-refractivity contribution is 5.68. The van der Waals surface area contributed by atoms with E-state index in [-0.39, 0.29) is 25.4 Å². The maximum Gasteiger partial charge on any atom is 0.116 e. The molecular formula is C20H18N2O2. The highest BCUT2D eigenvalue weighted by atomic mass is 16.5. The highest BCUT2D eigenvalue weighted by Crippen LogP contribution is 2.46. The van der Waals surface area contributed by atoms with Gasteiger partial charge in [-0.15, -0.1) is 12.8 Å². The molecule has 0 bridgehead atoms. The third-order valence-corrected chi connectivity index (χ3v) is 3.94. The molecule has 4 heteroatoms.